The van der Waals surface area contributed by atoms with Crippen LogP contribution in [0.3, 0.4) is 0 Å². The lowest BCUT2D eigenvalue weighted by molar-refractivity contribution is 0.743. The van der Waals surface area contributed by atoms with E-state index in [0.717, 1.165) is 11.8 Å². The highest BCUT2D eigenvalue weighted by atomic mass is 32.1. The van der Waals surface area contributed by atoms with E-state index in [1.165, 1.54) is 18.4 Å². The van der Waals surface area contributed by atoms with Crippen molar-refractivity contribution in [2.45, 2.75) is 59.3 Å². The van der Waals surface area contributed by atoms with Crippen molar-refractivity contribution < 1.29 is 0 Å². The normalized spacial score (nSPS) is 15.5. The van der Waals surface area contributed by atoms with E-state index in [9.17, 15) is 0 Å². The van der Waals surface area contributed by atoms with Crippen LogP contribution in [0.25, 0.3) is 0 Å². The van der Waals surface area contributed by atoms with Crippen LogP contribution >= 0.6 is 11.3 Å². The molecule has 0 N–H and O–H groups in total. The Kier molecular flexibility index (Phi) is 4.18. The predicted octanol–water partition coefficient (Wildman–Crippen LogP) is 5.08. The SMILES string of the molecule is CCC(C)c1cc(C)c(C(C)CC)s1. The van der Waals surface area contributed by atoms with Gasteiger partial charge in [-0.25, -0.2) is 0 Å². The van der Waals surface area contributed by atoms with Gasteiger partial charge < -0.3 is 0 Å². The van der Waals surface area contributed by atoms with Crippen molar-refractivity contribution in [3.05, 3.63) is 21.4 Å². The second-order valence-electron chi connectivity index (χ2n) is 4.31. The number of thiophene rings is 1. The van der Waals surface area contributed by atoms with Crippen LogP contribution in [0.15, 0.2) is 6.07 Å². The third-order valence-electron chi connectivity index (χ3n) is 3.13. The second kappa shape index (κ2) is 4.97. The summed E-state index contributed by atoms with van der Waals surface area (Å²) in [6, 6.07) is 2.39. The summed E-state index contributed by atoms with van der Waals surface area (Å²) < 4.78 is 0. The summed E-state index contributed by atoms with van der Waals surface area (Å²) in [5, 5.41) is 0. The molecule has 2 atom stereocenters. The lowest BCUT2D eigenvalue weighted by Gasteiger charge is -2.07. The standard InChI is InChI=1S/C13H22S/c1-6-9(3)12-8-11(5)13(14-12)10(4)7-2/h8-10H,6-7H2,1-5H3. The maximum Gasteiger partial charge on any atom is 0.0106 e. The summed E-state index contributed by atoms with van der Waals surface area (Å²) in [5.74, 6) is 1.47. The van der Waals surface area contributed by atoms with Gasteiger partial charge in [0.15, 0.2) is 0 Å². The molecule has 0 bridgehead atoms. The summed E-state index contributed by atoms with van der Waals surface area (Å²) in [6.45, 7) is 11.4. The predicted molar refractivity (Wildman–Crippen MR) is 66.5 cm³/mol. The van der Waals surface area contributed by atoms with Crippen molar-refractivity contribution in [3.8, 4) is 0 Å². The average molecular weight is 210 g/mol. The van der Waals surface area contributed by atoms with E-state index in [1.54, 1.807) is 9.75 Å². The fourth-order valence-electron chi connectivity index (χ4n) is 1.64. The Morgan fingerprint density at radius 3 is 2.21 bits per heavy atom. The zero-order valence-electron chi connectivity index (χ0n) is 10.1. The van der Waals surface area contributed by atoms with Gasteiger partial charge in [0.2, 0.25) is 0 Å². The number of hydrogen-bond acceptors (Lipinski definition) is 1. The van der Waals surface area contributed by atoms with Gasteiger partial charge in [0.1, 0.15) is 0 Å². The number of rotatable bonds is 4. The lowest BCUT2D eigenvalue weighted by Crippen LogP contribution is -1.88. The van der Waals surface area contributed by atoms with Crippen molar-refractivity contribution in [3.63, 3.8) is 0 Å². The van der Waals surface area contributed by atoms with Crippen LogP contribution < -0.4 is 0 Å². The monoisotopic (exact) mass is 210 g/mol. The maximum absolute atomic E-state index is 2.39. The first-order valence-corrected chi connectivity index (χ1v) is 6.51. The molecule has 1 aromatic rings. The van der Waals surface area contributed by atoms with Gasteiger partial charge in [0.05, 0.1) is 0 Å². The van der Waals surface area contributed by atoms with Crippen molar-refractivity contribution >= 4 is 11.3 Å². The van der Waals surface area contributed by atoms with Gasteiger partial charge >= 0.3 is 0 Å². The van der Waals surface area contributed by atoms with E-state index in [0.29, 0.717) is 0 Å². The second-order valence-corrected chi connectivity index (χ2v) is 5.43. The van der Waals surface area contributed by atoms with Crippen LogP contribution in [0.2, 0.25) is 0 Å². The van der Waals surface area contributed by atoms with E-state index in [4.69, 9.17) is 0 Å². The van der Waals surface area contributed by atoms with Crippen molar-refractivity contribution in [1.82, 2.24) is 0 Å². The Morgan fingerprint density at radius 1 is 1.14 bits per heavy atom. The van der Waals surface area contributed by atoms with E-state index in [-0.39, 0.29) is 0 Å². The van der Waals surface area contributed by atoms with Gasteiger partial charge in [-0.1, -0.05) is 27.7 Å². The Bertz CT molecular complexity index is 285. The van der Waals surface area contributed by atoms with Gasteiger partial charge in [-0.15, -0.1) is 11.3 Å². The molecule has 0 fully saturated rings. The van der Waals surface area contributed by atoms with E-state index >= 15 is 0 Å². The lowest BCUT2D eigenvalue weighted by atomic mass is 10.0. The van der Waals surface area contributed by atoms with E-state index in [1.807, 2.05) is 11.3 Å². The van der Waals surface area contributed by atoms with Gasteiger partial charge in [-0.2, -0.15) is 0 Å². The first-order chi connectivity index (χ1) is 6.60. The smallest absolute Gasteiger partial charge is 0.0106 e. The molecule has 1 heterocycles. The summed E-state index contributed by atoms with van der Waals surface area (Å²) in [7, 11) is 0. The zero-order chi connectivity index (χ0) is 10.7. The Hall–Kier alpha value is -0.300. The molecule has 0 amide bonds. The zero-order valence-corrected chi connectivity index (χ0v) is 10.9. The van der Waals surface area contributed by atoms with Crippen LogP contribution in [-0.4, -0.2) is 0 Å². The highest BCUT2D eigenvalue weighted by Crippen LogP contribution is 2.35. The summed E-state index contributed by atoms with van der Waals surface area (Å²) in [6.07, 6.45) is 2.50. The molecule has 0 saturated heterocycles. The molecule has 80 valence electrons. The van der Waals surface area contributed by atoms with Crippen LogP contribution in [-0.2, 0) is 0 Å². The van der Waals surface area contributed by atoms with Crippen LogP contribution in [0.5, 0.6) is 0 Å². The summed E-state index contributed by atoms with van der Waals surface area (Å²) >= 11 is 2.02. The first kappa shape index (κ1) is 11.8. The molecule has 1 rings (SSSR count). The molecule has 0 nitrogen and oxygen atoms in total. The molecule has 1 aromatic heterocycles. The minimum atomic E-state index is 0.733. The van der Waals surface area contributed by atoms with Crippen molar-refractivity contribution in [2.75, 3.05) is 0 Å². The van der Waals surface area contributed by atoms with Gasteiger partial charge in [-0.3, -0.25) is 0 Å². The fraction of sp³-hybridized carbons (Fsp3) is 0.692. The Morgan fingerprint density at radius 2 is 1.71 bits per heavy atom. The van der Waals surface area contributed by atoms with Gasteiger partial charge in [-0.05, 0) is 43.2 Å². The topological polar surface area (TPSA) is 0 Å². The molecule has 0 spiro atoms. The van der Waals surface area contributed by atoms with E-state index in [2.05, 4.69) is 40.7 Å². The summed E-state index contributed by atoms with van der Waals surface area (Å²) in [5.41, 5.74) is 1.50. The molecule has 14 heavy (non-hydrogen) atoms. The fourth-order valence-corrected chi connectivity index (χ4v) is 3.09. The van der Waals surface area contributed by atoms with Gasteiger partial charge in [0.25, 0.3) is 0 Å². The third kappa shape index (κ3) is 2.38. The summed E-state index contributed by atoms with van der Waals surface area (Å²) in [4.78, 5) is 3.17. The van der Waals surface area contributed by atoms with Crippen LogP contribution in [0.1, 0.15) is 67.7 Å². The molecular formula is C13H22S. The van der Waals surface area contributed by atoms with Gasteiger partial charge in [0, 0.05) is 9.75 Å². The molecule has 2 unspecified atom stereocenters. The minimum Gasteiger partial charge on any atom is -0.145 e. The minimum absolute atomic E-state index is 0.733. The van der Waals surface area contributed by atoms with Crippen LogP contribution in [0.4, 0.5) is 0 Å². The molecule has 0 saturated carbocycles. The quantitative estimate of drug-likeness (QED) is 0.650. The first-order valence-electron chi connectivity index (χ1n) is 5.70. The van der Waals surface area contributed by atoms with Crippen molar-refractivity contribution in [2.24, 2.45) is 0 Å². The Balaban J connectivity index is 2.92. The van der Waals surface area contributed by atoms with Crippen molar-refractivity contribution in [1.29, 1.82) is 0 Å². The molecule has 0 aliphatic carbocycles. The molecule has 0 radical (unpaired) electrons. The molecule has 0 aliphatic rings. The van der Waals surface area contributed by atoms with E-state index < -0.39 is 0 Å². The van der Waals surface area contributed by atoms with Crippen LogP contribution in [0, 0.1) is 6.92 Å². The highest BCUT2D eigenvalue weighted by molar-refractivity contribution is 7.12. The number of aryl methyl sites for hydroxylation is 1. The molecular weight excluding hydrogens is 188 g/mol. The Labute approximate surface area is 92.4 Å². The molecule has 0 aliphatic heterocycles. The molecule has 0 aromatic carbocycles. The number of hydrogen-bond donors (Lipinski definition) is 0. The third-order valence-corrected chi connectivity index (χ3v) is 4.83. The average Bonchev–Trinajstić information content (AvgIpc) is 2.58. The largest absolute Gasteiger partial charge is 0.145 e. The maximum atomic E-state index is 2.39. The highest BCUT2D eigenvalue weighted by Gasteiger charge is 2.13. The molecule has 1 heteroatoms.